The molecule has 0 spiro atoms. The van der Waals surface area contributed by atoms with Crippen LogP contribution in [0.4, 0.5) is 0 Å². The van der Waals surface area contributed by atoms with E-state index in [1.807, 2.05) is 20.9 Å². The number of rotatable bonds is 5. The van der Waals surface area contributed by atoms with Crippen LogP contribution in [0.2, 0.25) is 0 Å². The summed E-state index contributed by atoms with van der Waals surface area (Å²) in [7, 11) is 1.85. The number of nitrogens with zero attached hydrogens (tertiary/aromatic N) is 1. The Bertz CT molecular complexity index is 395. The van der Waals surface area contributed by atoms with Crippen molar-refractivity contribution in [3.63, 3.8) is 0 Å². The van der Waals surface area contributed by atoms with Crippen LogP contribution in [-0.4, -0.2) is 24.4 Å². The molecule has 1 rings (SSSR count). The molecular formula is C15H24N2O. The average molecular weight is 248 g/mol. The van der Waals surface area contributed by atoms with E-state index in [2.05, 4.69) is 31.2 Å². The third-order valence-corrected chi connectivity index (χ3v) is 3.24. The van der Waals surface area contributed by atoms with Crippen LogP contribution in [-0.2, 0) is 11.3 Å². The first kappa shape index (κ1) is 14.7. The predicted octanol–water partition coefficient (Wildman–Crippen LogP) is 2.33. The highest BCUT2D eigenvalue weighted by atomic mass is 16.2. The number of aryl methyl sites for hydroxylation is 1. The molecule has 100 valence electrons. The van der Waals surface area contributed by atoms with Crippen molar-refractivity contribution in [1.82, 2.24) is 4.90 Å². The summed E-state index contributed by atoms with van der Waals surface area (Å²) < 4.78 is 0. The van der Waals surface area contributed by atoms with Gasteiger partial charge in [0.15, 0.2) is 0 Å². The van der Waals surface area contributed by atoms with Crippen LogP contribution in [0.5, 0.6) is 0 Å². The van der Waals surface area contributed by atoms with Crippen molar-refractivity contribution in [2.45, 2.75) is 33.7 Å². The Labute approximate surface area is 110 Å². The summed E-state index contributed by atoms with van der Waals surface area (Å²) in [4.78, 5) is 14.1. The molecule has 0 unspecified atom stereocenters. The summed E-state index contributed by atoms with van der Waals surface area (Å²) in [5, 5.41) is 0. The highest BCUT2D eigenvalue weighted by Crippen LogP contribution is 2.23. The van der Waals surface area contributed by atoms with Gasteiger partial charge in [-0.15, -0.1) is 0 Å². The van der Waals surface area contributed by atoms with E-state index >= 15 is 0 Å². The lowest BCUT2D eigenvalue weighted by atomic mass is 9.87. The molecule has 0 saturated heterocycles. The Balaban J connectivity index is 2.67. The second-order valence-electron chi connectivity index (χ2n) is 5.57. The van der Waals surface area contributed by atoms with E-state index in [1.165, 1.54) is 5.56 Å². The number of nitrogens with two attached hydrogens (primary N) is 1. The normalized spacial score (nSPS) is 11.4. The van der Waals surface area contributed by atoms with Crippen molar-refractivity contribution in [1.29, 1.82) is 0 Å². The molecule has 0 bridgehead atoms. The molecule has 18 heavy (non-hydrogen) atoms. The zero-order valence-electron chi connectivity index (χ0n) is 11.9. The Morgan fingerprint density at radius 2 is 1.83 bits per heavy atom. The predicted molar refractivity (Wildman–Crippen MR) is 75.1 cm³/mol. The maximum absolute atomic E-state index is 12.3. The third-order valence-electron chi connectivity index (χ3n) is 3.24. The van der Waals surface area contributed by atoms with Gasteiger partial charge < -0.3 is 10.6 Å². The maximum atomic E-state index is 12.3. The van der Waals surface area contributed by atoms with E-state index in [0.29, 0.717) is 19.5 Å². The van der Waals surface area contributed by atoms with Gasteiger partial charge in [-0.25, -0.2) is 0 Å². The first-order valence-electron chi connectivity index (χ1n) is 6.38. The van der Waals surface area contributed by atoms with Crippen molar-refractivity contribution in [2.75, 3.05) is 13.6 Å². The van der Waals surface area contributed by atoms with E-state index in [1.54, 1.807) is 4.90 Å². The van der Waals surface area contributed by atoms with Gasteiger partial charge in [0.1, 0.15) is 0 Å². The minimum atomic E-state index is -0.381. The van der Waals surface area contributed by atoms with Crippen molar-refractivity contribution in [3.8, 4) is 0 Å². The topological polar surface area (TPSA) is 46.3 Å². The van der Waals surface area contributed by atoms with Gasteiger partial charge in [-0.2, -0.15) is 0 Å². The molecule has 1 aromatic rings. The molecule has 0 radical (unpaired) electrons. The van der Waals surface area contributed by atoms with Crippen LogP contribution < -0.4 is 5.73 Å². The lowest BCUT2D eigenvalue weighted by Gasteiger charge is -2.29. The summed E-state index contributed by atoms with van der Waals surface area (Å²) in [6.45, 7) is 7.15. The van der Waals surface area contributed by atoms with Crippen LogP contribution in [0.15, 0.2) is 24.3 Å². The molecule has 0 aliphatic heterocycles. The van der Waals surface area contributed by atoms with Gasteiger partial charge in [0.05, 0.1) is 0 Å². The molecule has 3 heteroatoms. The lowest BCUT2D eigenvalue weighted by Crippen LogP contribution is -2.39. The number of carbonyl (C=O) groups is 1. The van der Waals surface area contributed by atoms with Crippen LogP contribution in [0, 0.1) is 12.3 Å². The molecule has 1 amide bonds. The number of hydrogen-bond acceptors (Lipinski definition) is 2. The van der Waals surface area contributed by atoms with Crippen molar-refractivity contribution in [3.05, 3.63) is 35.4 Å². The molecule has 3 nitrogen and oxygen atoms in total. The lowest BCUT2D eigenvalue weighted by molar-refractivity contribution is -0.139. The average Bonchev–Trinajstić information content (AvgIpc) is 2.31. The first-order valence-corrected chi connectivity index (χ1v) is 6.38. The van der Waals surface area contributed by atoms with Crippen LogP contribution >= 0.6 is 0 Å². The number of hydrogen-bond donors (Lipinski definition) is 1. The Morgan fingerprint density at radius 1 is 1.28 bits per heavy atom. The van der Waals surface area contributed by atoms with Crippen LogP contribution in [0.3, 0.4) is 0 Å². The Kier molecular flexibility index (Phi) is 4.91. The van der Waals surface area contributed by atoms with Crippen LogP contribution in [0.1, 0.15) is 31.4 Å². The molecule has 0 aliphatic carbocycles. The Morgan fingerprint density at radius 3 is 2.33 bits per heavy atom. The van der Waals surface area contributed by atoms with Crippen molar-refractivity contribution < 1.29 is 4.79 Å². The Hall–Kier alpha value is -1.35. The molecular weight excluding hydrogens is 224 g/mol. The van der Waals surface area contributed by atoms with E-state index < -0.39 is 0 Å². The van der Waals surface area contributed by atoms with Crippen molar-refractivity contribution >= 4 is 5.91 Å². The monoisotopic (exact) mass is 248 g/mol. The van der Waals surface area contributed by atoms with E-state index in [4.69, 9.17) is 5.73 Å². The SMILES string of the molecule is Cc1ccc(CN(C)C(=O)C(C)(C)CCN)cc1. The van der Waals surface area contributed by atoms with Gasteiger partial charge >= 0.3 is 0 Å². The van der Waals surface area contributed by atoms with Gasteiger partial charge in [0.25, 0.3) is 0 Å². The molecule has 0 fully saturated rings. The number of benzene rings is 1. The van der Waals surface area contributed by atoms with Gasteiger partial charge in [-0.1, -0.05) is 43.7 Å². The fourth-order valence-electron chi connectivity index (χ4n) is 2.02. The van der Waals surface area contributed by atoms with E-state index in [0.717, 1.165) is 5.56 Å². The molecule has 0 aliphatic rings. The van der Waals surface area contributed by atoms with E-state index in [9.17, 15) is 4.79 Å². The van der Waals surface area contributed by atoms with Crippen molar-refractivity contribution in [2.24, 2.45) is 11.1 Å². The summed E-state index contributed by atoms with van der Waals surface area (Å²) in [6, 6.07) is 8.27. The molecule has 0 atom stereocenters. The third kappa shape index (κ3) is 3.84. The second kappa shape index (κ2) is 6.01. The fraction of sp³-hybridized carbons (Fsp3) is 0.533. The first-order chi connectivity index (χ1) is 8.36. The van der Waals surface area contributed by atoms with Gasteiger partial charge in [0.2, 0.25) is 5.91 Å². The molecule has 0 saturated carbocycles. The largest absolute Gasteiger partial charge is 0.341 e. The molecule has 0 heterocycles. The fourth-order valence-corrected chi connectivity index (χ4v) is 2.02. The standard InChI is InChI=1S/C15H24N2O/c1-12-5-7-13(8-6-12)11-17(4)14(18)15(2,3)9-10-16/h5-8H,9-11,16H2,1-4H3. The smallest absolute Gasteiger partial charge is 0.228 e. The van der Waals surface area contributed by atoms with Crippen LogP contribution in [0.25, 0.3) is 0 Å². The summed E-state index contributed by atoms with van der Waals surface area (Å²) in [6.07, 6.45) is 0.712. The highest BCUT2D eigenvalue weighted by molar-refractivity contribution is 5.81. The molecule has 2 N–H and O–H groups in total. The van der Waals surface area contributed by atoms with Gasteiger partial charge in [0, 0.05) is 19.0 Å². The minimum Gasteiger partial charge on any atom is -0.341 e. The van der Waals surface area contributed by atoms with Gasteiger partial charge in [-0.3, -0.25) is 4.79 Å². The zero-order chi connectivity index (χ0) is 13.8. The minimum absolute atomic E-state index is 0.147. The molecule has 0 aromatic heterocycles. The van der Waals surface area contributed by atoms with E-state index in [-0.39, 0.29) is 11.3 Å². The zero-order valence-corrected chi connectivity index (χ0v) is 11.9. The summed E-state index contributed by atoms with van der Waals surface area (Å²) in [5.74, 6) is 0.147. The second-order valence-corrected chi connectivity index (χ2v) is 5.57. The summed E-state index contributed by atoms with van der Waals surface area (Å²) in [5.41, 5.74) is 7.56. The van der Waals surface area contributed by atoms with Gasteiger partial charge in [-0.05, 0) is 25.5 Å². The quantitative estimate of drug-likeness (QED) is 0.869. The maximum Gasteiger partial charge on any atom is 0.228 e. The highest BCUT2D eigenvalue weighted by Gasteiger charge is 2.29. The summed E-state index contributed by atoms with van der Waals surface area (Å²) >= 11 is 0. The number of carbonyl (C=O) groups excluding carboxylic acids is 1. The molecule has 1 aromatic carbocycles. The number of amides is 1.